The van der Waals surface area contributed by atoms with Crippen molar-refractivity contribution >= 4 is 23.5 Å². The lowest BCUT2D eigenvalue weighted by atomic mass is 10.1. The van der Waals surface area contributed by atoms with Crippen LogP contribution in [0, 0.1) is 0 Å². The SMILES string of the molecule is CCC(C)OC(=O)COc1ccc(N2C(=O)c3ccccc3C2=O)cc1. The lowest BCUT2D eigenvalue weighted by Gasteiger charge is -2.15. The molecule has 1 aliphatic heterocycles. The summed E-state index contributed by atoms with van der Waals surface area (Å²) < 4.78 is 10.5. The van der Waals surface area contributed by atoms with Gasteiger partial charge in [0.05, 0.1) is 22.9 Å². The molecule has 2 aromatic rings. The number of carbonyl (C=O) groups is 3. The normalized spacial score (nSPS) is 14.2. The first kappa shape index (κ1) is 17.7. The Morgan fingerprint density at radius 1 is 1.00 bits per heavy atom. The van der Waals surface area contributed by atoms with Crippen LogP contribution in [0.1, 0.15) is 41.0 Å². The van der Waals surface area contributed by atoms with E-state index in [0.717, 1.165) is 11.3 Å². The van der Waals surface area contributed by atoms with Crippen molar-refractivity contribution in [3.05, 3.63) is 59.7 Å². The average molecular weight is 353 g/mol. The third kappa shape index (κ3) is 3.44. The lowest BCUT2D eigenvalue weighted by Crippen LogP contribution is -2.29. The van der Waals surface area contributed by atoms with Crippen LogP contribution < -0.4 is 9.64 Å². The Bertz CT molecular complexity index is 809. The van der Waals surface area contributed by atoms with Gasteiger partial charge in [0, 0.05) is 0 Å². The molecule has 0 N–H and O–H groups in total. The molecule has 1 aliphatic rings. The second-order valence-corrected chi connectivity index (χ2v) is 5.98. The summed E-state index contributed by atoms with van der Waals surface area (Å²) >= 11 is 0. The van der Waals surface area contributed by atoms with Crippen LogP contribution in [-0.4, -0.2) is 30.5 Å². The second kappa shape index (κ2) is 7.39. The first-order chi connectivity index (χ1) is 12.5. The van der Waals surface area contributed by atoms with Gasteiger partial charge in [-0.25, -0.2) is 9.69 Å². The summed E-state index contributed by atoms with van der Waals surface area (Å²) in [5.41, 5.74) is 1.24. The van der Waals surface area contributed by atoms with E-state index in [1.807, 2.05) is 13.8 Å². The number of ether oxygens (including phenoxy) is 2. The van der Waals surface area contributed by atoms with Gasteiger partial charge in [-0.2, -0.15) is 0 Å². The first-order valence-electron chi connectivity index (χ1n) is 8.41. The van der Waals surface area contributed by atoms with E-state index >= 15 is 0 Å². The fourth-order valence-electron chi connectivity index (χ4n) is 2.60. The van der Waals surface area contributed by atoms with Crippen molar-refractivity contribution < 1.29 is 23.9 Å². The highest BCUT2D eigenvalue weighted by molar-refractivity contribution is 6.34. The highest BCUT2D eigenvalue weighted by Crippen LogP contribution is 2.29. The van der Waals surface area contributed by atoms with Gasteiger partial charge in [0.2, 0.25) is 0 Å². The zero-order valence-electron chi connectivity index (χ0n) is 14.6. The van der Waals surface area contributed by atoms with Gasteiger partial charge in [0.1, 0.15) is 5.75 Å². The Morgan fingerprint density at radius 3 is 2.12 bits per heavy atom. The van der Waals surface area contributed by atoms with Gasteiger partial charge in [0.25, 0.3) is 11.8 Å². The van der Waals surface area contributed by atoms with E-state index in [4.69, 9.17) is 9.47 Å². The minimum atomic E-state index is -0.441. The highest BCUT2D eigenvalue weighted by Gasteiger charge is 2.36. The fraction of sp³-hybridized carbons (Fsp3) is 0.250. The summed E-state index contributed by atoms with van der Waals surface area (Å²) in [6.07, 6.45) is 0.586. The molecular formula is C20H19NO5. The number of imide groups is 1. The Morgan fingerprint density at radius 2 is 1.58 bits per heavy atom. The van der Waals surface area contributed by atoms with Gasteiger partial charge in [-0.1, -0.05) is 19.1 Å². The van der Waals surface area contributed by atoms with E-state index in [1.54, 1.807) is 48.5 Å². The molecule has 0 bridgehead atoms. The minimum Gasteiger partial charge on any atom is -0.482 e. The molecule has 6 nitrogen and oxygen atoms in total. The largest absolute Gasteiger partial charge is 0.482 e. The van der Waals surface area contributed by atoms with Crippen LogP contribution in [0.25, 0.3) is 0 Å². The van der Waals surface area contributed by atoms with E-state index in [-0.39, 0.29) is 24.5 Å². The molecule has 3 rings (SSSR count). The molecule has 134 valence electrons. The molecule has 1 heterocycles. The van der Waals surface area contributed by atoms with Gasteiger partial charge in [-0.3, -0.25) is 9.59 Å². The first-order valence-corrected chi connectivity index (χ1v) is 8.41. The van der Waals surface area contributed by atoms with Gasteiger partial charge in [0.15, 0.2) is 6.61 Å². The molecule has 0 aromatic heterocycles. The Hall–Kier alpha value is -3.15. The number of hydrogen-bond acceptors (Lipinski definition) is 5. The smallest absolute Gasteiger partial charge is 0.344 e. The van der Waals surface area contributed by atoms with Crippen LogP contribution >= 0.6 is 0 Å². The van der Waals surface area contributed by atoms with Gasteiger partial charge >= 0.3 is 5.97 Å². The maximum atomic E-state index is 12.5. The second-order valence-electron chi connectivity index (χ2n) is 5.98. The number of esters is 1. The van der Waals surface area contributed by atoms with Crippen LogP contribution in [0.2, 0.25) is 0 Å². The summed E-state index contributed by atoms with van der Waals surface area (Å²) in [5.74, 6) is -0.692. The molecule has 1 atom stereocenters. The fourth-order valence-corrected chi connectivity index (χ4v) is 2.60. The van der Waals surface area contributed by atoms with Gasteiger partial charge in [-0.15, -0.1) is 0 Å². The number of fused-ring (bicyclic) bond motifs is 1. The van der Waals surface area contributed by atoms with E-state index in [9.17, 15) is 14.4 Å². The van der Waals surface area contributed by atoms with E-state index in [2.05, 4.69) is 0 Å². The Labute approximate surface area is 151 Å². The number of nitrogens with zero attached hydrogens (tertiary/aromatic N) is 1. The average Bonchev–Trinajstić information content (AvgIpc) is 2.91. The predicted octanol–water partition coefficient (Wildman–Crippen LogP) is 3.21. The van der Waals surface area contributed by atoms with Gasteiger partial charge in [-0.05, 0) is 49.7 Å². The van der Waals surface area contributed by atoms with Crippen LogP contribution in [0.15, 0.2) is 48.5 Å². The number of hydrogen-bond donors (Lipinski definition) is 0. The Balaban J connectivity index is 1.66. The third-order valence-electron chi connectivity index (χ3n) is 4.15. The summed E-state index contributed by atoms with van der Waals surface area (Å²) in [6, 6.07) is 13.1. The maximum absolute atomic E-state index is 12.5. The molecule has 26 heavy (non-hydrogen) atoms. The van der Waals surface area contributed by atoms with Crippen molar-refractivity contribution in [2.24, 2.45) is 0 Å². The molecule has 0 fully saturated rings. The summed E-state index contributed by atoms with van der Waals surface area (Å²) in [7, 11) is 0. The van der Waals surface area contributed by atoms with Gasteiger partial charge < -0.3 is 9.47 Å². The molecule has 0 aliphatic carbocycles. The predicted molar refractivity (Wildman–Crippen MR) is 95.4 cm³/mol. The number of carbonyl (C=O) groups excluding carboxylic acids is 3. The highest BCUT2D eigenvalue weighted by atomic mass is 16.6. The van der Waals surface area contributed by atoms with Crippen LogP contribution in [0.5, 0.6) is 5.75 Å². The van der Waals surface area contributed by atoms with Crippen molar-refractivity contribution in [2.45, 2.75) is 26.4 Å². The Kier molecular flexibility index (Phi) is 5.02. The van der Waals surface area contributed by atoms with Crippen LogP contribution in [-0.2, 0) is 9.53 Å². The zero-order valence-corrected chi connectivity index (χ0v) is 14.6. The monoisotopic (exact) mass is 353 g/mol. The third-order valence-corrected chi connectivity index (χ3v) is 4.15. The van der Waals surface area contributed by atoms with Crippen molar-refractivity contribution in [3.63, 3.8) is 0 Å². The molecule has 0 saturated heterocycles. The van der Waals surface area contributed by atoms with Crippen molar-refractivity contribution in [3.8, 4) is 5.75 Å². The molecule has 6 heteroatoms. The standard InChI is InChI=1S/C20H19NO5/c1-3-13(2)26-18(22)12-25-15-10-8-14(9-11-15)21-19(23)16-6-4-5-7-17(16)20(21)24/h4-11,13H,3,12H2,1-2H3. The molecule has 1 unspecified atom stereocenters. The van der Waals surface area contributed by atoms with Crippen LogP contribution in [0.4, 0.5) is 5.69 Å². The number of rotatable bonds is 6. The quantitative estimate of drug-likeness (QED) is 0.589. The molecule has 2 aromatic carbocycles. The topological polar surface area (TPSA) is 72.9 Å². The van der Waals surface area contributed by atoms with E-state index in [1.165, 1.54) is 0 Å². The van der Waals surface area contributed by atoms with E-state index < -0.39 is 5.97 Å². The van der Waals surface area contributed by atoms with Crippen molar-refractivity contribution in [1.29, 1.82) is 0 Å². The molecule has 2 amide bonds. The molecule has 0 spiro atoms. The zero-order chi connectivity index (χ0) is 18.7. The molecule has 0 radical (unpaired) electrons. The summed E-state index contributed by atoms with van der Waals surface area (Å²) in [6.45, 7) is 3.54. The maximum Gasteiger partial charge on any atom is 0.344 e. The number of anilines is 1. The van der Waals surface area contributed by atoms with Crippen molar-refractivity contribution in [1.82, 2.24) is 0 Å². The summed E-state index contributed by atoms with van der Waals surface area (Å²) in [4.78, 5) is 37.7. The molecule has 0 saturated carbocycles. The minimum absolute atomic E-state index is 0.151. The lowest BCUT2D eigenvalue weighted by molar-refractivity contribution is -0.150. The number of amides is 2. The van der Waals surface area contributed by atoms with Crippen molar-refractivity contribution in [2.75, 3.05) is 11.5 Å². The summed E-state index contributed by atoms with van der Waals surface area (Å²) in [5, 5.41) is 0. The molecular weight excluding hydrogens is 334 g/mol. The van der Waals surface area contributed by atoms with Crippen LogP contribution in [0.3, 0.4) is 0 Å². The number of benzene rings is 2. The van der Waals surface area contributed by atoms with E-state index in [0.29, 0.717) is 22.6 Å².